The van der Waals surface area contributed by atoms with Gasteiger partial charge in [-0.1, -0.05) is 36.4 Å². The maximum atomic E-state index is 13.9. The van der Waals surface area contributed by atoms with Gasteiger partial charge in [-0.3, -0.25) is 19.1 Å². The number of para-hydroxylation sites is 1. The van der Waals surface area contributed by atoms with Crippen molar-refractivity contribution in [2.45, 2.75) is 45.0 Å². The average Bonchev–Trinajstić information content (AvgIpc) is 3.32. The number of amides is 2. The Morgan fingerprint density at radius 3 is 2.74 bits per heavy atom. The van der Waals surface area contributed by atoms with Crippen molar-refractivity contribution in [1.29, 1.82) is 0 Å². The summed E-state index contributed by atoms with van der Waals surface area (Å²) in [4.78, 5) is 45.9. The van der Waals surface area contributed by atoms with E-state index in [2.05, 4.69) is 31.3 Å². The molecule has 1 saturated carbocycles. The summed E-state index contributed by atoms with van der Waals surface area (Å²) in [5.74, 6) is -0.299. The van der Waals surface area contributed by atoms with Crippen LogP contribution in [-0.4, -0.2) is 69.2 Å². The molecule has 1 aliphatic carbocycles. The number of anilines is 1. The lowest BCUT2D eigenvalue weighted by Crippen LogP contribution is -2.47. The summed E-state index contributed by atoms with van der Waals surface area (Å²) in [7, 11) is 0. The molecule has 1 N–H and O–H groups in total. The molecule has 1 aromatic carbocycles. The number of hydrogen-bond acceptors (Lipinski definition) is 7. The first-order valence-electron chi connectivity index (χ1n) is 12.9. The smallest absolute Gasteiger partial charge is 0.248 e. The quantitative estimate of drug-likeness (QED) is 0.281. The first kappa shape index (κ1) is 25.8. The van der Waals surface area contributed by atoms with Gasteiger partial charge in [-0.2, -0.15) is 5.10 Å². The number of halogens is 1. The van der Waals surface area contributed by atoms with E-state index >= 15 is 0 Å². The van der Waals surface area contributed by atoms with Crippen molar-refractivity contribution in [3.8, 4) is 0 Å². The molecule has 6 rings (SSSR count). The number of carbonyl (C=O) groups is 3. The molecule has 11 heteroatoms. The van der Waals surface area contributed by atoms with Crippen molar-refractivity contribution in [3.63, 3.8) is 0 Å². The number of pyridine rings is 1. The first-order valence-corrected chi connectivity index (χ1v) is 13.7. The Bertz CT molecular complexity index is 1500. The summed E-state index contributed by atoms with van der Waals surface area (Å²) in [5, 5.41) is 8.12. The van der Waals surface area contributed by atoms with Crippen LogP contribution in [0.1, 0.15) is 35.8 Å². The SMILES string of the molecule is CC(=O)c1nn(CC(=O)N2[C@H]3C[C@@]4(COCC=CCOCc5ccc(Br)nc5NC3=O)C[C@@H]24)c2ccccc12. The van der Waals surface area contributed by atoms with Crippen LogP contribution in [0.4, 0.5) is 5.82 Å². The molecule has 2 fully saturated rings. The maximum absolute atomic E-state index is 13.9. The van der Waals surface area contributed by atoms with Crippen LogP contribution in [0.5, 0.6) is 0 Å². The van der Waals surface area contributed by atoms with Crippen molar-refractivity contribution < 1.29 is 23.9 Å². The average molecular weight is 594 g/mol. The first-order chi connectivity index (χ1) is 18.9. The van der Waals surface area contributed by atoms with E-state index in [1.165, 1.54) is 6.92 Å². The van der Waals surface area contributed by atoms with Crippen molar-refractivity contribution in [1.82, 2.24) is 19.7 Å². The number of rotatable bonds is 3. The molecule has 1 spiro atoms. The third kappa shape index (κ3) is 4.90. The molecule has 2 amide bonds. The van der Waals surface area contributed by atoms with Crippen LogP contribution in [0, 0.1) is 5.41 Å². The molecule has 202 valence electrons. The van der Waals surface area contributed by atoms with E-state index in [4.69, 9.17) is 9.47 Å². The lowest BCUT2D eigenvalue weighted by molar-refractivity contribution is -0.138. The minimum atomic E-state index is -0.691. The molecule has 3 aromatic rings. The van der Waals surface area contributed by atoms with Gasteiger partial charge in [0.1, 0.15) is 28.7 Å². The molecule has 10 nitrogen and oxygen atoms in total. The van der Waals surface area contributed by atoms with Gasteiger partial charge >= 0.3 is 0 Å². The van der Waals surface area contributed by atoms with Crippen LogP contribution >= 0.6 is 15.9 Å². The van der Waals surface area contributed by atoms with Gasteiger partial charge in [0, 0.05) is 29.3 Å². The highest BCUT2D eigenvalue weighted by molar-refractivity contribution is 9.10. The lowest BCUT2D eigenvalue weighted by atomic mass is 10.00. The highest BCUT2D eigenvalue weighted by Gasteiger charge is 2.67. The second-order valence-electron chi connectivity index (χ2n) is 10.3. The van der Waals surface area contributed by atoms with Crippen molar-refractivity contribution in [2.24, 2.45) is 5.41 Å². The summed E-state index contributed by atoms with van der Waals surface area (Å²) in [5.41, 5.74) is 1.49. The van der Waals surface area contributed by atoms with Crippen LogP contribution in [0.15, 0.2) is 53.2 Å². The minimum Gasteiger partial charge on any atom is -0.377 e. The molecule has 3 atom stereocenters. The second-order valence-corrected chi connectivity index (χ2v) is 11.1. The summed E-state index contributed by atoms with van der Waals surface area (Å²) >= 11 is 3.38. The number of fused-ring (bicyclic) bond motifs is 3. The number of aromatic nitrogens is 3. The summed E-state index contributed by atoms with van der Waals surface area (Å²) in [6.07, 6.45) is 5.09. The Kier molecular flexibility index (Phi) is 6.82. The van der Waals surface area contributed by atoms with E-state index in [0.29, 0.717) is 53.3 Å². The zero-order valence-electron chi connectivity index (χ0n) is 21.4. The second kappa shape index (κ2) is 10.3. The molecular weight excluding hydrogens is 566 g/mol. The Morgan fingerprint density at radius 2 is 1.92 bits per heavy atom. The number of likely N-dealkylation sites (tertiary alicyclic amines) is 1. The predicted molar refractivity (Wildman–Crippen MR) is 146 cm³/mol. The van der Waals surface area contributed by atoms with Crippen LogP contribution in [0.3, 0.4) is 0 Å². The molecule has 1 saturated heterocycles. The number of ketones is 1. The number of Topliss-reactive ketones (excluding diaryl/α,β-unsaturated/α-hetero) is 1. The van der Waals surface area contributed by atoms with Crippen LogP contribution in [0.2, 0.25) is 0 Å². The highest BCUT2D eigenvalue weighted by atomic mass is 79.9. The highest BCUT2D eigenvalue weighted by Crippen LogP contribution is 2.60. The van der Waals surface area contributed by atoms with Crippen molar-refractivity contribution in [3.05, 3.63) is 64.4 Å². The molecule has 0 radical (unpaired) electrons. The Hall–Kier alpha value is -3.41. The van der Waals surface area contributed by atoms with Crippen LogP contribution < -0.4 is 5.32 Å². The molecular formula is C28H28BrN5O5. The molecule has 2 aromatic heterocycles. The lowest BCUT2D eigenvalue weighted by Gasteiger charge is -2.27. The number of nitrogens with zero attached hydrogens (tertiary/aromatic N) is 4. The number of ether oxygens (including phenoxy) is 2. The van der Waals surface area contributed by atoms with E-state index in [9.17, 15) is 14.4 Å². The van der Waals surface area contributed by atoms with Crippen molar-refractivity contribution in [2.75, 3.05) is 25.1 Å². The monoisotopic (exact) mass is 593 g/mol. The Morgan fingerprint density at radius 1 is 1.13 bits per heavy atom. The van der Waals surface area contributed by atoms with Crippen LogP contribution in [0.25, 0.3) is 10.9 Å². The third-order valence-corrected chi connectivity index (χ3v) is 8.16. The summed E-state index contributed by atoms with van der Waals surface area (Å²) in [6, 6.07) is 10.2. The fourth-order valence-corrected chi connectivity index (χ4v) is 6.04. The van der Waals surface area contributed by atoms with Gasteiger partial charge in [-0.15, -0.1) is 0 Å². The van der Waals surface area contributed by atoms with Gasteiger partial charge in [0.05, 0.1) is 31.9 Å². The standard InChI is InChI=1S/C28H28BrN5O5/c1-17(35)25-19-6-2-3-7-20(19)33(32-25)14-24(36)34-21-12-28(13-22(28)34)16-39-11-5-4-10-38-15-18-8-9-23(29)30-26(18)31-27(21)37/h2-9,21-22H,10-16H2,1H3,(H,30,31,37)/t21-,22+,28-/m0/s1. The number of piperidine rings is 1. The molecule has 0 unspecified atom stereocenters. The predicted octanol–water partition coefficient (Wildman–Crippen LogP) is 3.50. The minimum absolute atomic E-state index is 0.0814. The Balaban J connectivity index is 1.31. The number of carbonyl (C=O) groups excluding carboxylic acids is 3. The van der Waals surface area contributed by atoms with Crippen LogP contribution in [-0.2, 0) is 32.2 Å². The van der Waals surface area contributed by atoms with Gasteiger partial charge in [-0.05, 0) is 40.9 Å². The van der Waals surface area contributed by atoms with Gasteiger partial charge < -0.3 is 19.7 Å². The zero-order valence-corrected chi connectivity index (χ0v) is 23.0. The largest absolute Gasteiger partial charge is 0.377 e. The van der Waals surface area contributed by atoms with E-state index in [0.717, 1.165) is 12.0 Å². The molecule has 39 heavy (non-hydrogen) atoms. The van der Waals surface area contributed by atoms with E-state index < -0.39 is 6.04 Å². The van der Waals surface area contributed by atoms with Crippen molar-refractivity contribution >= 4 is 50.2 Å². The number of hydrogen-bond donors (Lipinski definition) is 1. The summed E-state index contributed by atoms with van der Waals surface area (Å²) in [6.45, 7) is 2.95. The third-order valence-electron chi connectivity index (χ3n) is 7.71. The topological polar surface area (TPSA) is 116 Å². The number of benzene rings is 1. The van der Waals surface area contributed by atoms with E-state index in [1.807, 2.05) is 42.5 Å². The maximum Gasteiger partial charge on any atom is 0.248 e. The molecule has 4 heterocycles. The van der Waals surface area contributed by atoms with Gasteiger partial charge in [0.25, 0.3) is 0 Å². The Labute approximate surface area is 233 Å². The number of nitrogens with one attached hydrogen (secondary N) is 1. The molecule has 2 aliphatic heterocycles. The summed E-state index contributed by atoms with van der Waals surface area (Å²) < 4.78 is 13.8. The van der Waals surface area contributed by atoms with Gasteiger partial charge in [-0.25, -0.2) is 4.98 Å². The fourth-order valence-electron chi connectivity index (χ4n) is 5.73. The van der Waals surface area contributed by atoms with E-state index in [-0.39, 0.29) is 42.2 Å². The van der Waals surface area contributed by atoms with Gasteiger partial charge in [0.2, 0.25) is 11.8 Å². The molecule has 3 aliphatic rings. The molecule has 2 bridgehead atoms. The fraction of sp³-hybridized carbons (Fsp3) is 0.393. The normalized spacial score (nSPS) is 24.9. The van der Waals surface area contributed by atoms with E-state index in [1.54, 1.807) is 15.6 Å². The zero-order chi connectivity index (χ0) is 27.1. The van der Waals surface area contributed by atoms with Gasteiger partial charge in [0.15, 0.2) is 5.78 Å².